The molecule has 0 aliphatic carbocycles. The van der Waals surface area contributed by atoms with Gasteiger partial charge in [0.05, 0.1) is 17.7 Å². The third-order valence-electron chi connectivity index (χ3n) is 4.21. The molecular weight excluding hydrogens is 303 g/mol. The molecule has 0 atom stereocenters. The molecule has 3 rings (SSSR count). The largest absolute Gasteiger partial charge is 0.416 e. The smallest absolute Gasteiger partial charge is 0.280 e. The molecule has 23 heavy (non-hydrogen) atoms. The van der Waals surface area contributed by atoms with Gasteiger partial charge in [-0.2, -0.15) is 13.2 Å². The number of hydrogen-bond acceptors (Lipinski definition) is 1. The summed E-state index contributed by atoms with van der Waals surface area (Å²) < 4.78 is 38.8. The number of fused-ring (bicyclic) bond motifs is 1. The maximum Gasteiger partial charge on any atom is 0.416 e. The molecule has 0 N–H and O–H groups in total. The Morgan fingerprint density at radius 3 is 2.48 bits per heavy atom. The van der Waals surface area contributed by atoms with Crippen molar-refractivity contribution in [2.24, 2.45) is 0 Å². The molecule has 1 heterocycles. The van der Waals surface area contributed by atoms with Crippen molar-refractivity contribution < 1.29 is 18.0 Å². The standard InChI is InChI=1S/C18H16F3NO/c1-3-12-5-7-15(8-11(12)2)22-16-10-14(18(19,20)21)6-4-13(16)9-17(22)23/h4-8,10H,3,9H2,1-2H3. The number of nitrogens with zero attached hydrogens (tertiary/aromatic N) is 1. The van der Waals surface area contributed by atoms with Gasteiger partial charge in [-0.25, -0.2) is 0 Å². The van der Waals surface area contributed by atoms with Crippen LogP contribution in [0.2, 0.25) is 0 Å². The van der Waals surface area contributed by atoms with Crippen LogP contribution in [0.5, 0.6) is 0 Å². The third kappa shape index (κ3) is 2.71. The molecule has 1 amide bonds. The zero-order valence-corrected chi connectivity index (χ0v) is 12.9. The van der Waals surface area contributed by atoms with Crippen LogP contribution in [-0.4, -0.2) is 5.91 Å². The summed E-state index contributed by atoms with van der Waals surface area (Å²) in [4.78, 5) is 13.7. The van der Waals surface area contributed by atoms with Crippen LogP contribution >= 0.6 is 0 Å². The van der Waals surface area contributed by atoms with Gasteiger partial charge in [0, 0.05) is 5.69 Å². The number of carbonyl (C=O) groups excluding carboxylic acids is 1. The number of anilines is 2. The second-order valence-electron chi connectivity index (χ2n) is 5.71. The summed E-state index contributed by atoms with van der Waals surface area (Å²) in [5, 5.41) is 0. The van der Waals surface area contributed by atoms with Gasteiger partial charge in [-0.15, -0.1) is 0 Å². The van der Waals surface area contributed by atoms with E-state index in [0.717, 1.165) is 29.7 Å². The van der Waals surface area contributed by atoms with Crippen molar-refractivity contribution in [3.8, 4) is 0 Å². The second kappa shape index (κ2) is 5.41. The fourth-order valence-electron chi connectivity index (χ4n) is 2.97. The molecule has 2 aromatic rings. The lowest BCUT2D eigenvalue weighted by molar-refractivity contribution is -0.137. The molecule has 0 spiro atoms. The van der Waals surface area contributed by atoms with Gasteiger partial charge in [0.15, 0.2) is 0 Å². The highest BCUT2D eigenvalue weighted by Gasteiger charge is 2.35. The summed E-state index contributed by atoms with van der Waals surface area (Å²) in [5.74, 6) is -0.206. The van der Waals surface area contributed by atoms with E-state index >= 15 is 0 Å². The Hall–Kier alpha value is -2.30. The van der Waals surface area contributed by atoms with E-state index < -0.39 is 11.7 Å². The zero-order chi connectivity index (χ0) is 16.8. The van der Waals surface area contributed by atoms with E-state index in [4.69, 9.17) is 0 Å². The molecule has 5 heteroatoms. The minimum absolute atomic E-state index is 0.127. The van der Waals surface area contributed by atoms with E-state index in [-0.39, 0.29) is 12.3 Å². The minimum atomic E-state index is -4.42. The number of benzene rings is 2. The number of carbonyl (C=O) groups is 1. The lowest BCUT2D eigenvalue weighted by Crippen LogP contribution is -2.21. The second-order valence-corrected chi connectivity index (χ2v) is 5.71. The quantitative estimate of drug-likeness (QED) is 0.779. The van der Waals surface area contributed by atoms with Crippen LogP contribution in [0.15, 0.2) is 36.4 Å². The van der Waals surface area contributed by atoms with Crippen molar-refractivity contribution in [3.05, 3.63) is 58.7 Å². The topological polar surface area (TPSA) is 20.3 Å². The van der Waals surface area contributed by atoms with Crippen LogP contribution in [0.25, 0.3) is 0 Å². The molecule has 120 valence electrons. The molecule has 0 aromatic heterocycles. The number of halogens is 3. The first-order valence-corrected chi connectivity index (χ1v) is 7.44. The molecule has 1 aliphatic rings. The first kappa shape index (κ1) is 15.6. The molecule has 0 saturated carbocycles. The average molecular weight is 319 g/mol. The van der Waals surface area contributed by atoms with Crippen molar-refractivity contribution in [1.29, 1.82) is 0 Å². The summed E-state index contributed by atoms with van der Waals surface area (Å²) in [6.07, 6.45) is -3.43. The molecule has 0 fully saturated rings. The van der Waals surface area contributed by atoms with Gasteiger partial charge in [0.1, 0.15) is 0 Å². The van der Waals surface area contributed by atoms with Crippen molar-refractivity contribution in [2.45, 2.75) is 32.9 Å². The van der Waals surface area contributed by atoms with Crippen LogP contribution in [-0.2, 0) is 23.8 Å². The minimum Gasteiger partial charge on any atom is -0.280 e. The average Bonchev–Trinajstić information content (AvgIpc) is 2.81. The van der Waals surface area contributed by atoms with E-state index in [0.29, 0.717) is 16.9 Å². The van der Waals surface area contributed by atoms with Crippen molar-refractivity contribution in [1.82, 2.24) is 0 Å². The van der Waals surface area contributed by atoms with Crippen LogP contribution in [0.4, 0.5) is 24.5 Å². The van der Waals surface area contributed by atoms with E-state index in [9.17, 15) is 18.0 Å². The van der Waals surface area contributed by atoms with E-state index in [2.05, 4.69) is 0 Å². The first-order valence-electron chi connectivity index (χ1n) is 7.44. The summed E-state index contributed by atoms with van der Waals surface area (Å²) in [7, 11) is 0. The fourth-order valence-corrected chi connectivity index (χ4v) is 2.97. The maximum atomic E-state index is 12.9. The Morgan fingerprint density at radius 1 is 1.13 bits per heavy atom. The van der Waals surface area contributed by atoms with E-state index in [1.54, 1.807) is 6.07 Å². The fraction of sp³-hybridized carbons (Fsp3) is 0.278. The van der Waals surface area contributed by atoms with E-state index in [1.165, 1.54) is 11.0 Å². The summed E-state index contributed by atoms with van der Waals surface area (Å²) >= 11 is 0. The van der Waals surface area contributed by atoms with Crippen LogP contribution in [0, 0.1) is 6.92 Å². The highest BCUT2D eigenvalue weighted by molar-refractivity contribution is 6.07. The van der Waals surface area contributed by atoms with E-state index in [1.807, 2.05) is 26.0 Å². The van der Waals surface area contributed by atoms with Gasteiger partial charge in [-0.1, -0.05) is 19.1 Å². The van der Waals surface area contributed by atoms with Crippen LogP contribution in [0.1, 0.15) is 29.2 Å². The molecule has 0 radical (unpaired) electrons. The number of amides is 1. The van der Waals surface area contributed by atoms with Gasteiger partial charge in [0.2, 0.25) is 5.91 Å². The molecule has 2 aromatic carbocycles. The highest BCUT2D eigenvalue weighted by Crippen LogP contribution is 2.40. The Morgan fingerprint density at radius 2 is 1.87 bits per heavy atom. The molecule has 0 bridgehead atoms. The molecular formula is C18H16F3NO. The molecule has 1 aliphatic heterocycles. The van der Waals surface area contributed by atoms with Gasteiger partial charge >= 0.3 is 6.18 Å². The Labute approximate surface area is 132 Å². The normalized spacial score (nSPS) is 14.3. The zero-order valence-electron chi connectivity index (χ0n) is 12.9. The highest BCUT2D eigenvalue weighted by atomic mass is 19.4. The molecule has 2 nitrogen and oxygen atoms in total. The summed E-state index contributed by atoms with van der Waals surface area (Å²) in [5.41, 5.74) is 3.01. The Bertz CT molecular complexity index is 780. The van der Waals surface area contributed by atoms with Crippen molar-refractivity contribution in [3.63, 3.8) is 0 Å². The lowest BCUT2D eigenvalue weighted by atomic mass is 10.0. The monoisotopic (exact) mass is 319 g/mol. The van der Waals surface area contributed by atoms with Gasteiger partial charge in [-0.05, 0) is 54.3 Å². The molecule has 0 unspecified atom stereocenters. The van der Waals surface area contributed by atoms with Crippen molar-refractivity contribution >= 4 is 17.3 Å². The summed E-state index contributed by atoms with van der Waals surface area (Å²) in [6, 6.07) is 9.04. The summed E-state index contributed by atoms with van der Waals surface area (Å²) in [6.45, 7) is 3.98. The number of hydrogen-bond donors (Lipinski definition) is 0. The number of rotatable bonds is 2. The maximum absolute atomic E-state index is 12.9. The van der Waals surface area contributed by atoms with Gasteiger partial charge in [-0.3, -0.25) is 9.69 Å². The van der Waals surface area contributed by atoms with Gasteiger partial charge < -0.3 is 0 Å². The predicted molar refractivity (Wildman–Crippen MR) is 82.9 cm³/mol. The molecule has 0 saturated heterocycles. The van der Waals surface area contributed by atoms with Gasteiger partial charge in [0.25, 0.3) is 0 Å². The Kier molecular flexibility index (Phi) is 3.66. The number of alkyl halides is 3. The van der Waals surface area contributed by atoms with Crippen LogP contribution < -0.4 is 4.90 Å². The SMILES string of the molecule is CCc1ccc(N2C(=O)Cc3ccc(C(F)(F)F)cc32)cc1C. The van der Waals surface area contributed by atoms with Crippen molar-refractivity contribution in [2.75, 3.05) is 4.90 Å². The lowest BCUT2D eigenvalue weighted by Gasteiger charge is -2.20. The predicted octanol–water partition coefficient (Wildman–Crippen LogP) is 4.80. The third-order valence-corrected chi connectivity index (χ3v) is 4.21. The number of aryl methyl sites for hydroxylation is 2. The Balaban J connectivity index is 2.09. The van der Waals surface area contributed by atoms with Crippen LogP contribution in [0.3, 0.4) is 0 Å². The first-order chi connectivity index (χ1) is 10.8.